The van der Waals surface area contributed by atoms with Crippen molar-refractivity contribution in [3.63, 3.8) is 0 Å². The predicted octanol–water partition coefficient (Wildman–Crippen LogP) is 5.28. The number of anilines is 1. The van der Waals surface area contributed by atoms with E-state index in [1.165, 1.54) is 5.69 Å². The summed E-state index contributed by atoms with van der Waals surface area (Å²) in [5.41, 5.74) is 6.35. The monoisotopic (exact) mass is 439 g/mol. The second-order valence-corrected chi connectivity index (χ2v) is 8.50. The third-order valence-corrected chi connectivity index (χ3v) is 6.53. The zero-order valence-electron chi connectivity index (χ0n) is 17.5. The van der Waals surface area contributed by atoms with Crippen molar-refractivity contribution >= 4 is 33.7 Å². The molecule has 1 fully saturated rings. The Morgan fingerprint density at radius 1 is 0.781 bits per heavy atom. The molecule has 0 spiro atoms. The number of hydrogen-bond donors (Lipinski definition) is 1. The first kappa shape index (κ1) is 19.3. The van der Waals surface area contributed by atoms with Gasteiger partial charge in [-0.25, -0.2) is 9.50 Å². The molecule has 32 heavy (non-hydrogen) atoms. The molecule has 1 saturated heterocycles. The molecule has 0 saturated carbocycles. The van der Waals surface area contributed by atoms with Gasteiger partial charge in [-0.05, 0) is 34.7 Å². The van der Waals surface area contributed by atoms with E-state index in [1.54, 1.807) is 0 Å². The molecule has 1 aliphatic rings. The Morgan fingerprint density at radius 2 is 1.56 bits per heavy atom. The number of fused-ring (bicyclic) bond motifs is 2. The van der Waals surface area contributed by atoms with Crippen LogP contribution in [0.25, 0.3) is 38.7 Å². The summed E-state index contributed by atoms with van der Waals surface area (Å²) in [6.45, 7) is 4.16. The van der Waals surface area contributed by atoms with Gasteiger partial charge in [0, 0.05) is 65.8 Å². The third kappa shape index (κ3) is 3.30. The van der Waals surface area contributed by atoms with Gasteiger partial charge < -0.3 is 10.2 Å². The lowest BCUT2D eigenvalue weighted by atomic mass is 10.00. The predicted molar refractivity (Wildman–Crippen MR) is 131 cm³/mol. The number of nitrogens with one attached hydrogen (secondary N) is 1. The number of halogens is 1. The van der Waals surface area contributed by atoms with Crippen LogP contribution in [0.1, 0.15) is 0 Å². The summed E-state index contributed by atoms with van der Waals surface area (Å²) in [5, 5.41) is 10.9. The molecular formula is C26H22ClN5. The van der Waals surface area contributed by atoms with Crippen molar-refractivity contribution in [2.45, 2.75) is 0 Å². The van der Waals surface area contributed by atoms with Crippen LogP contribution in [0.3, 0.4) is 0 Å². The molecule has 6 rings (SSSR count). The van der Waals surface area contributed by atoms with Crippen molar-refractivity contribution in [3.05, 3.63) is 84.3 Å². The highest BCUT2D eigenvalue weighted by atomic mass is 35.5. The summed E-state index contributed by atoms with van der Waals surface area (Å²) in [4.78, 5) is 7.20. The van der Waals surface area contributed by atoms with E-state index >= 15 is 0 Å². The smallest absolute Gasteiger partial charge is 0.162 e. The molecule has 1 aliphatic heterocycles. The van der Waals surface area contributed by atoms with Crippen molar-refractivity contribution in [2.24, 2.45) is 0 Å². The molecule has 0 atom stereocenters. The van der Waals surface area contributed by atoms with E-state index in [-0.39, 0.29) is 0 Å². The van der Waals surface area contributed by atoms with Crippen LogP contribution in [0.2, 0.25) is 5.02 Å². The van der Waals surface area contributed by atoms with Gasteiger partial charge in [0.15, 0.2) is 5.65 Å². The molecule has 1 N–H and O–H groups in total. The number of hydrogen-bond acceptors (Lipinski definition) is 4. The Hall–Kier alpha value is -3.41. The lowest BCUT2D eigenvalue weighted by Gasteiger charge is -2.29. The second-order valence-electron chi connectivity index (χ2n) is 8.09. The normalized spacial score (nSPS) is 14.3. The van der Waals surface area contributed by atoms with Gasteiger partial charge in [-0.3, -0.25) is 0 Å². The van der Waals surface area contributed by atoms with Gasteiger partial charge in [0.25, 0.3) is 0 Å². The minimum Gasteiger partial charge on any atom is -0.369 e. The highest BCUT2D eigenvalue weighted by molar-refractivity contribution is 6.36. The van der Waals surface area contributed by atoms with Crippen molar-refractivity contribution in [1.82, 2.24) is 19.9 Å². The highest BCUT2D eigenvalue weighted by Gasteiger charge is 2.14. The maximum Gasteiger partial charge on any atom is 0.162 e. The first-order chi connectivity index (χ1) is 15.8. The maximum atomic E-state index is 6.42. The zero-order valence-corrected chi connectivity index (χ0v) is 18.3. The van der Waals surface area contributed by atoms with Crippen LogP contribution in [-0.2, 0) is 0 Å². The fourth-order valence-corrected chi connectivity index (χ4v) is 4.73. The Balaban J connectivity index is 1.36. The van der Waals surface area contributed by atoms with Gasteiger partial charge in [0.1, 0.15) is 0 Å². The number of benzene rings is 3. The first-order valence-electron chi connectivity index (χ1n) is 10.8. The van der Waals surface area contributed by atoms with Gasteiger partial charge in [-0.2, -0.15) is 5.10 Å². The number of piperazine rings is 1. The Labute approximate surface area is 191 Å². The van der Waals surface area contributed by atoms with Crippen LogP contribution in [0.4, 0.5) is 5.69 Å². The molecule has 2 aromatic heterocycles. The van der Waals surface area contributed by atoms with Gasteiger partial charge in [0.05, 0.1) is 6.20 Å². The standard InChI is InChI=1S/C26H22ClN5/c27-25-10-9-22(21-3-1-2-4-23(21)25)24-16-30-32-17-19(15-29-26(24)32)18-5-7-20(8-6-18)31-13-11-28-12-14-31/h1-10,15-17,28H,11-14H2. The molecule has 0 aliphatic carbocycles. The van der Waals surface area contributed by atoms with Crippen LogP contribution in [0.15, 0.2) is 79.3 Å². The summed E-state index contributed by atoms with van der Waals surface area (Å²) in [5.74, 6) is 0. The summed E-state index contributed by atoms with van der Waals surface area (Å²) < 4.78 is 1.86. The number of nitrogens with zero attached hydrogens (tertiary/aromatic N) is 4. The Bertz CT molecular complexity index is 1420. The van der Waals surface area contributed by atoms with E-state index in [1.807, 2.05) is 53.4 Å². The van der Waals surface area contributed by atoms with E-state index in [0.717, 1.165) is 69.9 Å². The van der Waals surface area contributed by atoms with Gasteiger partial charge in [-0.15, -0.1) is 0 Å². The topological polar surface area (TPSA) is 45.5 Å². The molecule has 5 nitrogen and oxygen atoms in total. The average Bonchev–Trinajstić information content (AvgIpc) is 3.28. The van der Waals surface area contributed by atoms with Crippen molar-refractivity contribution < 1.29 is 0 Å². The fourth-order valence-electron chi connectivity index (χ4n) is 4.50. The van der Waals surface area contributed by atoms with Crippen molar-refractivity contribution in [3.8, 4) is 22.3 Å². The summed E-state index contributed by atoms with van der Waals surface area (Å²) >= 11 is 6.42. The Kier molecular flexibility index (Phi) is 4.78. The lowest BCUT2D eigenvalue weighted by Crippen LogP contribution is -2.43. The van der Waals surface area contributed by atoms with Crippen LogP contribution in [-0.4, -0.2) is 40.8 Å². The number of aromatic nitrogens is 3. The molecule has 5 aromatic rings. The summed E-state index contributed by atoms with van der Waals surface area (Å²) in [6, 6.07) is 20.9. The fraction of sp³-hybridized carbons (Fsp3) is 0.154. The van der Waals surface area contributed by atoms with Gasteiger partial charge >= 0.3 is 0 Å². The third-order valence-electron chi connectivity index (χ3n) is 6.20. The summed E-state index contributed by atoms with van der Waals surface area (Å²) in [7, 11) is 0. The van der Waals surface area contributed by atoms with Crippen molar-refractivity contribution in [2.75, 3.05) is 31.1 Å². The van der Waals surface area contributed by atoms with E-state index in [0.29, 0.717) is 0 Å². The molecule has 0 amide bonds. The highest BCUT2D eigenvalue weighted by Crippen LogP contribution is 2.35. The molecule has 3 heterocycles. The zero-order chi connectivity index (χ0) is 21.5. The van der Waals surface area contributed by atoms with E-state index in [2.05, 4.69) is 45.6 Å². The largest absolute Gasteiger partial charge is 0.369 e. The van der Waals surface area contributed by atoms with Crippen LogP contribution < -0.4 is 10.2 Å². The van der Waals surface area contributed by atoms with Crippen LogP contribution >= 0.6 is 11.6 Å². The molecule has 0 unspecified atom stereocenters. The van der Waals surface area contributed by atoms with Crippen LogP contribution in [0.5, 0.6) is 0 Å². The van der Waals surface area contributed by atoms with E-state index in [4.69, 9.17) is 16.6 Å². The van der Waals surface area contributed by atoms with Gasteiger partial charge in [-0.1, -0.05) is 54.1 Å². The number of rotatable bonds is 3. The summed E-state index contributed by atoms with van der Waals surface area (Å²) in [6.07, 6.45) is 5.86. The molecular weight excluding hydrogens is 418 g/mol. The second kappa shape index (κ2) is 7.93. The first-order valence-corrected chi connectivity index (χ1v) is 11.2. The SMILES string of the molecule is Clc1ccc(-c2cnn3cc(-c4ccc(N5CCNCC5)cc4)cnc23)c2ccccc12. The molecule has 158 valence electrons. The van der Waals surface area contributed by atoms with E-state index < -0.39 is 0 Å². The lowest BCUT2D eigenvalue weighted by molar-refractivity contribution is 0.589. The molecule has 3 aromatic carbocycles. The van der Waals surface area contributed by atoms with Gasteiger partial charge in [0.2, 0.25) is 0 Å². The Morgan fingerprint density at radius 3 is 2.38 bits per heavy atom. The van der Waals surface area contributed by atoms with Crippen molar-refractivity contribution in [1.29, 1.82) is 0 Å². The quantitative estimate of drug-likeness (QED) is 0.415. The molecule has 6 heteroatoms. The van der Waals surface area contributed by atoms with E-state index in [9.17, 15) is 0 Å². The maximum absolute atomic E-state index is 6.42. The average molecular weight is 440 g/mol. The minimum atomic E-state index is 0.750. The molecule has 0 radical (unpaired) electrons. The minimum absolute atomic E-state index is 0.750. The molecule has 0 bridgehead atoms. The van der Waals surface area contributed by atoms with Crippen LogP contribution in [0, 0.1) is 0 Å².